The lowest BCUT2D eigenvalue weighted by molar-refractivity contribution is -0.00330. The minimum Gasteiger partial charge on any atom is -0.495 e. The summed E-state index contributed by atoms with van der Waals surface area (Å²) in [7, 11) is 1.84. The van der Waals surface area contributed by atoms with Crippen molar-refractivity contribution in [1.82, 2.24) is 10.2 Å². The normalized spacial score (nSPS) is 11.1. The maximum Gasteiger partial charge on any atom is 0.185 e. The molecule has 7 nitrogen and oxygen atoms in total. The van der Waals surface area contributed by atoms with E-state index in [0.717, 1.165) is 12.1 Å². The molecule has 0 aromatic heterocycles. The minimum absolute atomic E-state index is 0.303. The van der Waals surface area contributed by atoms with Crippen LogP contribution in [-0.2, 0) is 18.9 Å². The van der Waals surface area contributed by atoms with Crippen LogP contribution in [0.3, 0.4) is 0 Å². The summed E-state index contributed by atoms with van der Waals surface area (Å²) in [4.78, 5) is 1.77. The Labute approximate surface area is 153 Å². The lowest BCUT2D eigenvalue weighted by Gasteiger charge is -2.19. The predicted octanol–water partition coefficient (Wildman–Crippen LogP) is 1.79. The third-order valence-electron chi connectivity index (χ3n) is 3.29. The van der Waals surface area contributed by atoms with Gasteiger partial charge in [-0.3, -0.25) is 0 Å². The van der Waals surface area contributed by atoms with E-state index in [-0.39, 0.29) is 0 Å². The van der Waals surface area contributed by atoms with Gasteiger partial charge in [-0.15, -0.1) is 0 Å². The SMILES string of the molecule is CC(C)=C(O)N(C)CCOCCOCCOCCOCCNC(C)C. The summed E-state index contributed by atoms with van der Waals surface area (Å²) in [5.74, 6) is 0.303. The average molecular weight is 363 g/mol. The second-order valence-corrected chi connectivity index (χ2v) is 6.30. The summed E-state index contributed by atoms with van der Waals surface area (Å²) >= 11 is 0. The highest BCUT2D eigenvalue weighted by Crippen LogP contribution is 2.03. The monoisotopic (exact) mass is 362 g/mol. The molecular formula is C18H38N2O5. The van der Waals surface area contributed by atoms with Crippen molar-refractivity contribution in [2.45, 2.75) is 33.7 Å². The van der Waals surface area contributed by atoms with Crippen LogP contribution in [0.4, 0.5) is 0 Å². The van der Waals surface area contributed by atoms with E-state index in [9.17, 15) is 5.11 Å². The molecule has 0 rings (SSSR count). The van der Waals surface area contributed by atoms with Crippen LogP contribution in [0.25, 0.3) is 0 Å². The first-order valence-electron chi connectivity index (χ1n) is 9.07. The van der Waals surface area contributed by atoms with Crippen molar-refractivity contribution in [1.29, 1.82) is 0 Å². The Kier molecular flexibility index (Phi) is 16.0. The molecule has 0 atom stereocenters. The Bertz CT molecular complexity index is 333. The molecule has 0 bridgehead atoms. The van der Waals surface area contributed by atoms with Crippen LogP contribution < -0.4 is 5.32 Å². The second kappa shape index (κ2) is 16.6. The Morgan fingerprint density at radius 2 is 1.28 bits per heavy atom. The Morgan fingerprint density at radius 1 is 0.840 bits per heavy atom. The molecule has 0 saturated heterocycles. The van der Waals surface area contributed by atoms with Crippen LogP contribution in [0.1, 0.15) is 27.7 Å². The van der Waals surface area contributed by atoms with E-state index >= 15 is 0 Å². The fraction of sp³-hybridized carbons (Fsp3) is 0.889. The molecule has 0 aliphatic rings. The Balaban J connectivity index is 3.21. The van der Waals surface area contributed by atoms with E-state index in [2.05, 4.69) is 19.2 Å². The van der Waals surface area contributed by atoms with Gasteiger partial charge in [-0.1, -0.05) is 13.8 Å². The Morgan fingerprint density at radius 3 is 1.72 bits per heavy atom. The van der Waals surface area contributed by atoms with E-state index < -0.39 is 0 Å². The highest BCUT2D eigenvalue weighted by Gasteiger charge is 2.03. The number of likely N-dealkylation sites (N-methyl/N-ethyl adjacent to an activating group) is 1. The van der Waals surface area contributed by atoms with Gasteiger partial charge < -0.3 is 34.3 Å². The van der Waals surface area contributed by atoms with Gasteiger partial charge in [0, 0.05) is 26.2 Å². The number of nitrogens with one attached hydrogen (secondary N) is 1. The summed E-state index contributed by atoms with van der Waals surface area (Å²) in [6.45, 7) is 14.1. The van der Waals surface area contributed by atoms with Crippen LogP contribution in [0.5, 0.6) is 0 Å². The van der Waals surface area contributed by atoms with Crippen molar-refractivity contribution >= 4 is 0 Å². The highest BCUT2D eigenvalue weighted by atomic mass is 16.6. The summed E-state index contributed by atoms with van der Waals surface area (Å²) in [6.07, 6.45) is 0. The zero-order valence-corrected chi connectivity index (χ0v) is 16.7. The smallest absolute Gasteiger partial charge is 0.185 e. The van der Waals surface area contributed by atoms with Gasteiger partial charge in [0.2, 0.25) is 0 Å². The number of hydrogen-bond donors (Lipinski definition) is 2. The molecular weight excluding hydrogens is 324 g/mol. The van der Waals surface area contributed by atoms with E-state index in [1.54, 1.807) is 4.90 Å². The van der Waals surface area contributed by atoms with Crippen LogP contribution in [0, 0.1) is 0 Å². The van der Waals surface area contributed by atoms with E-state index in [0.29, 0.717) is 71.3 Å². The molecule has 0 heterocycles. The summed E-state index contributed by atoms with van der Waals surface area (Å²) in [6, 6.07) is 0.492. The van der Waals surface area contributed by atoms with E-state index in [1.165, 1.54) is 0 Å². The number of aliphatic hydroxyl groups is 1. The van der Waals surface area contributed by atoms with Crippen LogP contribution in [0.15, 0.2) is 11.5 Å². The number of aliphatic hydroxyl groups excluding tert-OH is 1. The zero-order chi connectivity index (χ0) is 18.9. The van der Waals surface area contributed by atoms with Gasteiger partial charge in [0.05, 0.1) is 52.9 Å². The predicted molar refractivity (Wildman–Crippen MR) is 100 cm³/mol. The van der Waals surface area contributed by atoms with Crippen LogP contribution >= 0.6 is 0 Å². The molecule has 0 amide bonds. The molecule has 25 heavy (non-hydrogen) atoms. The molecule has 150 valence electrons. The topological polar surface area (TPSA) is 72.4 Å². The average Bonchev–Trinajstić information content (AvgIpc) is 2.56. The number of hydrogen-bond acceptors (Lipinski definition) is 7. The first kappa shape index (κ1) is 24.1. The van der Waals surface area contributed by atoms with Crippen molar-refractivity contribution in [2.75, 3.05) is 73.0 Å². The number of rotatable bonds is 17. The highest BCUT2D eigenvalue weighted by molar-refractivity contribution is 4.99. The van der Waals surface area contributed by atoms with Gasteiger partial charge in [0.25, 0.3) is 0 Å². The van der Waals surface area contributed by atoms with Crippen molar-refractivity contribution < 1.29 is 24.1 Å². The first-order chi connectivity index (χ1) is 11.9. The number of ether oxygens (including phenoxy) is 4. The van der Waals surface area contributed by atoms with Gasteiger partial charge in [0.15, 0.2) is 5.88 Å². The van der Waals surface area contributed by atoms with Gasteiger partial charge in [0.1, 0.15) is 0 Å². The molecule has 0 spiro atoms. The van der Waals surface area contributed by atoms with Crippen molar-refractivity contribution in [3.8, 4) is 0 Å². The van der Waals surface area contributed by atoms with Crippen molar-refractivity contribution in [3.05, 3.63) is 11.5 Å². The molecule has 2 N–H and O–H groups in total. The molecule has 0 saturated carbocycles. The van der Waals surface area contributed by atoms with Crippen molar-refractivity contribution in [3.63, 3.8) is 0 Å². The summed E-state index contributed by atoms with van der Waals surface area (Å²) in [5, 5.41) is 13.0. The van der Waals surface area contributed by atoms with Crippen LogP contribution in [-0.4, -0.2) is 89.0 Å². The molecule has 0 unspecified atom stereocenters. The first-order valence-corrected chi connectivity index (χ1v) is 9.07. The van der Waals surface area contributed by atoms with Gasteiger partial charge in [-0.2, -0.15) is 0 Å². The summed E-state index contributed by atoms with van der Waals surface area (Å²) in [5.41, 5.74) is 0.892. The van der Waals surface area contributed by atoms with Crippen LogP contribution in [0.2, 0.25) is 0 Å². The number of allylic oxidation sites excluding steroid dienone is 1. The fourth-order valence-corrected chi connectivity index (χ4v) is 1.87. The zero-order valence-electron chi connectivity index (χ0n) is 16.7. The third kappa shape index (κ3) is 16.4. The minimum atomic E-state index is 0.303. The Hall–Kier alpha value is -0.860. The second-order valence-electron chi connectivity index (χ2n) is 6.30. The largest absolute Gasteiger partial charge is 0.495 e. The molecule has 0 aliphatic carbocycles. The van der Waals surface area contributed by atoms with E-state index in [1.807, 2.05) is 20.9 Å². The molecule has 0 aromatic carbocycles. The quantitative estimate of drug-likeness (QED) is 0.302. The fourth-order valence-electron chi connectivity index (χ4n) is 1.87. The standard InChI is InChI=1S/C18H38N2O5/c1-16(2)18(21)20(5)7-9-23-11-13-25-15-14-24-12-10-22-8-6-19-17(3)4/h17,19,21H,6-15H2,1-5H3. The summed E-state index contributed by atoms with van der Waals surface area (Å²) < 4.78 is 21.7. The maximum atomic E-state index is 9.72. The van der Waals surface area contributed by atoms with E-state index in [4.69, 9.17) is 18.9 Å². The lowest BCUT2D eigenvalue weighted by Crippen LogP contribution is -2.27. The number of nitrogens with zero attached hydrogens (tertiary/aromatic N) is 1. The molecule has 7 heteroatoms. The third-order valence-corrected chi connectivity index (χ3v) is 3.29. The molecule has 0 aliphatic heterocycles. The molecule has 0 radical (unpaired) electrons. The van der Waals surface area contributed by atoms with Crippen molar-refractivity contribution in [2.24, 2.45) is 0 Å². The molecule has 0 aromatic rings. The van der Waals surface area contributed by atoms with Gasteiger partial charge >= 0.3 is 0 Å². The van der Waals surface area contributed by atoms with Gasteiger partial charge in [-0.25, -0.2) is 0 Å². The lowest BCUT2D eigenvalue weighted by atomic mass is 10.3. The van der Waals surface area contributed by atoms with Gasteiger partial charge in [-0.05, 0) is 19.4 Å². The maximum absolute atomic E-state index is 9.72. The molecule has 0 fully saturated rings.